The Balaban J connectivity index is 1.82. The molecule has 0 amide bonds. The number of aromatic hydroxyl groups is 1. The average Bonchev–Trinajstić information content (AvgIpc) is 2.63. The zero-order chi connectivity index (χ0) is 17.4. The molecule has 4 aromatic rings. The van der Waals surface area contributed by atoms with Gasteiger partial charge in [0.1, 0.15) is 18.3 Å². The molecule has 0 bridgehead atoms. The van der Waals surface area contributed by atoms with E-state index in [0.717, 1.165) is 16.6 Å². The van der Waals surface area contributed by atoms with Crippen LogP contribution in [0.4, 0.5) is 0 Å². The van der Waals surface area contributed by atoms with E-state index >= 15 is 0 Å². The third-order valence-corrected chi connectivity index (χ3v) is 4.69. The molecule has 0 radical (unpaired) electrons. The summed E-state index contributed by atoms with van der Waals surface area (Å²) in [5.74, 6) is 0.208. The van der Waals surface area contributed by atoms with Gasteiger partial charge in [-0.2, -0.15) is 4.57 Å². The summed E-state index contributed by atoms with van der Waals surface area (Å²) in [5.41, 5.74) is 5.26. The van der Waals surface area contributed by atoms with E-state index in [1.165, 1.54) is 16.5 Å². The van der Waals surface area contributed by atoms with Crippen LogP contribution in [0.3, 0.4) is 0 Å². The molecular weight excluding hydrogens is 308 g/mol. The average molecular weight is 327 g/mol. The van der Waals surface area contributed by atoms with Gasteiger partial charge in [0.2, 0.25) is 11.2 Å². The number of pyridine rings is 2. The molecule has 0 atom stereocenters. The van der Waals surface area contributed by atoms with Crippen LogP contribution in [0.1, 0.15) is 16.8 Å². The molecule has 3 heteroatoms. The third-order valence-electron chi connectivity index (χ3n) is 4.69. The molecule has 0 aliphatic carbocycles. The first-order valence-corrected chi connectivity index (χ1v) is 8.28. The molecule has 122 valence electrons. The highest BCUT2D eigenvalue weighted by molar-refractivity contribution is 5.93. The van der Waals surface area contributed by atoms with Gasteiger partial charge in [-0.15, -0.1) is 0 Å². The van der Waals surface area contributed by atoms with Gasteiger partial charge in [0.25, 0.3) is 0 Å². The largest absolute Gasteiger partial charge is 0.506 e. The van der Waals surface area contributed by atoms with Gasteiger partial charge >= 0.3 is 0 Å². The van der Waals surface area contributed by atoms with E-state index in [-0.39, 0.29) is 5.75 Å². The Kier molecular flexibility index (Phi) is 3.69. The number of phenolic OH excluding ortho intramolecular Hbond substituents is 1. The second-order valence-electron chi connectivity index (χ2n) is 6.23. The van der Waals surface area contributed by atoms with E-state index < -0.39 is 0 Å². The number of hydrogen-bond acceptors (Lipinski definition) is 2. The molecule has 2 aromatic heterocycles. The van der Waals surface area contributed by atoms with Crippen molar-refractivity contribution in [1.29, 1.82) is 0 Å². The van der Waals surface area contributed by atoms with E-state index in [2.05, 4.69) is 66.0 Å². The van der Waals surface area contributed by atoms with E-state index in [1.54, 1.807) is 12.3 Å². The lowest BCUT2D eigenvalue weighted by Crippen LogP contribution is -2.32. The summed E-state index contributed by atoms with van der Waals surface area (Å²) in [7, 11) is 2.08. The lowest BCUT2D eigenvalue weighted by molar-refractivity contribution is -0.646. The Labute approximate surface area is 146 Å². The number of benzene rings is 2. The topological polar surface area (TPSA) is 37.0 Å². The summed E-state index contributed by atoms with van der Waals surface area (Å²) in [6.45, 7) is 2.13. The molecule has 0 unspecified atom stereocenters. The predicted octanol–water partition coefficient (Wildman–Crippen LogP) is 4.40. The van der Waals surface area contributed by atoms with Gasteiger partial charge in [0.05, 0.1) is 0 Å². The van der Waals surface area contributed by atoms with Crippen LogP contribution in [0.2, 0.25) is 0 Å². The quantitative estimate of drug-likeness (QED) is 0.554. The molecule has 4 rings (SSSR count). The minimum atomic E-state index is 0.208. The van der Waals surface area contributed by atoms with Gasteiger partial charge < -0.3 is 5.11 Å². The minimum Gasteiger partial charge on any atom is -0.506 e. The first-order valence-electron chi connectivity index (χ1n) is 8.28. The van der Waals surface area contributed by atoms with Crippen LogP contribution in [-0.4, -0.2) is 10.1 Å². The van der Waals surface area contributed by atoms with Crippen molar-refractivity contribution < 1.29 is 9.67 Å². The van der Waals surface area contributed by atoms with E-state index in [9.17, 15) is 5.11 Å². The highest BCUT2D eigenvalue weighted by Crippen LogP contribution is 2.26. The predicted molar refractivity (Wildman–Crippen MR) is 102 cm³/mol. The highest BCUT2D eigenvalue weighted by atomic mass is 16.3. The Bertz CT molecular complexity index is 1130. The lowest BCUT2D eigenvalue weighted by atomic mass is 10.1. The summed E-state index contributed by atoms with van der Waals surface area (Å²) < 4.78 is 2.19. The summed E-state index contributed by atoms with van der Waals surface area (Å²) in [4.78, 5) is 4.28. The fourth-order valence-corrected chi connectivity index (χ4v) is 3.26. The van der Waals surface area contributed by atoms with Gasteiger partial charge in [-0.1, -0.05) is 24.3 Å². The van der Waals surface area contributed by atoms with Crippen molar-refractivity contribution in [3.05, 3.63) is 77.6 Å². The van der Waals surface area contributed by atoms with Crippen molar-refractivity contribution in [1.82, 2.24) is 4.98 Å². The van der Waals surface area contributed by atoms with Crippen molar-refractivity contribution in [3.63, 3.8) is 0 Å². The summed E-state index contributed by atoms with van der Waals surface area (Å²) in [5, 5.41) is 12.2. The van der Waals surface area contributed by atoms with Crippen LogP contribution >= 0.6 is 0 Å². The number of rotatable bonds is 2. The summed E-state index contributed by atoms with van der Waals surface area (Å²) in [6, 6.07) is 18.1. The van der Waals surface area contributed by atoms with Gasteiger partial charge in [-0.3, -0.25) is 4.98 Å². The van der Waals surface area contributed by atoms with Gasteiger partial charge in [-0.25, -0.2) is 0 Å². The minimum absolute atomic E-state index is 0.208. The molecule has 2 aromatic carbocycles. The van der Waals surface area contributed by atoms with Gasteiger partial charge in [0.15, 0.2) is 0 Å². The Morgan fingerprint density at radius 2 is 1.80 bits per heavy atom. The second kappa shape index (κ2) is 6.02. The maximum atomic E-state index is 9.98. The molecule has 0 aliphatic heterocycles. The van der Waals surface area contributed by atoms with Crippen LogP contribution in [-0.2, 0) is 7.05 Å². The van der Waals surface area contributed by atoms with Crippen LogP contribution in [0.5, 0.6) is 5.75 Å². The van der Waals surface area contributed by atoms with E-state index in [1.807, 2.05) is 18.2 Å². The molecule has 0 spiro atoms. The summed E-state index contributed by atoms with van der Waals surface area (Å²) >= 11 is 0. The van der Waals surface area contributed by atoms with Crippen molar-refractivity contribution in [2.75, 3.05) is 0 Å². The van der Waals surface area contributed by atoms with Crippen molar-refractivity contribution >= 4 is 34.0 Å². The molecule has 0 fully saturated rings. The van der Waals surface area contributed by atoms with Crippen LogP contribution in [0.25, 0.3) is 34.0 Å². The number of fused-ring (bicyclic) bond motifs is 2. The van der Waals surface area contributed by atoms with E-state index in [4.69, 9.17) is 0 Å². The fourth-order valence-electron chi connectivity index (χ4n) is 3.26. The van der Waals surface area contributed by atoms with Gasteiger partial charge in [0, 0.05) is 35.2 Å². The highest BCUT2D eigenvalue weighted by Gasteiger charge is 2.11. The zero-order valence-corrected chi connectivity index (χ0v) is 14.3. The molecule has 0 aliphatic rings. The molecular formula is C22H19N2O+. The monoisotopic (exact) mass is 327 g/mol. The number of nitrogens with zero attached hydrogens (tertiary/aromatic N) is 2. The Hall–Kier alpha value is -3.20. The van der Waals surface area contributed by atoms with Crippen molar-refractivity contribution in [2.45, 2.75) is 6.92 Å². The lowest BCUT2D eigenvalue weighted by Gasteiger charge is -2.04. The Morgan fingerprint density at radius 1 is 0.920 bits per heavy atom. The number of hydrogen-bond donors (Lipinski definition) is 1. The summed E-state index contributed by atoms with van der Waals surface area (Å²) in [6.07, 6.45) is 5.86. The van der Waals surface area contributed by atoms with Gasteiger partial charge in [-0.05, 0) is 42.3 Å². The smallest absolute Gasteiger partial charge is 0.212 e. The maximum absolute atomic E-state index is 9.98. The second-order valence-corrected chi connectivity index (χ2v) is 6.23. The molecule has 25 heavy (non-hydrogen) atoms. The van der Waals surface area contributed by atoms with Crippen molar-refractivity contribution in [3.8, 4) is 5.75 Å². The Morgan fingerprint density at radius 3 is 2.68 bits per heavy atom. The van der Waals surface area contributed by atoms with Crippen LogP contribution < -0.4 is 4.57 Å². The fraction of sp³-hybridized carbons (Fsp3) is 0.0909. The number of phenols is 1. The van der Waals surface area contributed by atoms with E-state index in [0.29, 0.717) is 5.52 Å². The third kappa shape index (κ3) is 2.64. The molecule has 3 nitrogen and oxygen atoms in total. The molecule has 0 saturated heterocycles. The number of aromatic nitrogens is 2. The standard InChI is InChI=1S/C22H18N2O/c1-15-5-3-7-20-18(15)12-11-17(24(20)2)10-8-16-9-13-21(25)22-19(16)6-4-14-23-22/h3-14H,1-2H3/p+1. The molecule has 1 N–H and O–H groups in total. The first kappa shape index (κ1) is 15.3. The zero-order valence-electron chi connectivity index (χ0n) is 14.3. The van der Waals surface area contributed by atoms with Crippen molar-refractivity contribution in [2.24, 2.45) is 7.05 Å². The first-order chi connectivity index (χ1) is 12.1. The normalized spacial score (nSPS) is 11.6. The maximum Gasteiger partial charge on any atom is 0.212 e. The molecule has 2 heterocycles. The van der Waals surface area contributed by atoms with Crippen LogP contribution in [0.15, 0.2) is 60.8 Å². The number of aryl methyl sites for hydroxylation is 2. The molecule has 0 saturated carbocycles. The SMILES string of the molecule is Cc1cccc2c1ccc(C=Cc1ccc(O)c3ncccc13)[n+]2C. The van der Waals surface area contributed by atoms with Crippen LogP contribution in [0, 0.1) is 6.92 Å².